The molecule has 7 heteroatoms. The molecule has 0 spiro atoms. The van der Waals surface area contributed by atoms with Gasteiger partial charge in [0.15, 0.2) is 0 Å². The van der Waals surface area contributed by atoms with Crippen LogP contribution in [0.15, 0.2) is 48.7 Å². The molecule has 0 bridgehead atoms. The lowest BCUT2D eigenvalue weighted by Crippen LogP contribution is -2.29. The highest BCUT2D eigenvalue weighted by molar-refractivity contribution is 6.43. The minimum absolute atomic E-state index is 0.527. The molecular formula is C19H21N5O2. The maximum atomic E-state index is 12.1. The number of aromatic amines is 1. The summed E-state index contributed by atoms with van der Waals surface area (Å²) in [4.78, 5) is 26.4. The summed E-state index contributed by atoms with van der Waals surface area (Å²) in [5, 5.41) is 12.9. The van der Waals surface area contributed by atoms with E-state index in [0.717, 1.165) is 29.7 Å². The van der Waals surface area contributed by atoms with Gasteiger partial charge in [-0.1, -0.05) is 0 Å². The van der Waals surface area contributed by atoms with Crippen LogP contribution < -0.4 is 15.5 Å². The van der Waals surface area contributed by atoms with Crippen LogP contribution in [0.5, 0.6) is 0 Å². The fraction of sp³-hybridized carbons (Fsp3) is 0.211. The minimum atomic E-state index is -0.725. The minimum Gasteiger partial charge on any atom is -0.372 e. The number of fused-ring (bicyclic) bond motifs is 1. The molecule has 134 valence electrons. The van der Waals surface area contributed by atoms with Gasteiger partial charge in [0, 0.05) is 35.5 Å². The Balaban J connectivity index is 1.62. The van der Waals surface area contributed by atoms with Crippen molar-refractivity contribution in [2.24, 2.45) is 0 Å². The second kappa shape index (κ2) is 7.69. The third kappa shape index (κ3) is 3.83. The van der Waals surface area contributed by atoms with E-state index in [0.29, 0.717) is 11.4 Å². The fourth-order valence-corrected chi connectivity index (χ4v) is 2.73. The van der Waals surface area contributed by atoms with Crippen molar-refractivity contribution in [3.63, 3.8) is 0 Å². The van der Waals surface area contributed by atoms with E-state index in [9.17, 15) is 9.59 Å². The van der Waals surface area contributed by atoms with Crippen LogP contribution in [0.4, 0.5) is 17.1 Å². The van der Waals surface area contributed by atoms with Crippen LogP contribution in [0, 0.1) is 0 Å². The molecule has 2 amide bonds. The number of carbonyl (C=O) groups excluding carboxylic acids is 2. The van der Waals surface area contributed by atoms with Crippen molar-refractivity contribution in [1.82, 2.24) is 10.2 Å². The first-order chi connectivity index (χ1) is 12.6. The Morgan fingerprint density at radius 2 is 1.58 bits per heavy atom. The third-order valence-electron chi connectivity index (χ3n) is 4.16. The fourth-order valence-electron chi connectivity index (χ4n) is 2.73. The number of H-pyrrole nitrogens is 1. The van der Waals surface area contributed by atoms with Gasteiger partial charge in [0.1, 0.15) is 0 Å². The van der Waals surface area contributed by atoms with Gasteiger partial charge in [-0.3, -0.25) is 14.7 Å². The topological polar surface area (TPSA) is 90.1 Å². The molecular weight excluding hydrogens is 330 g/mol. The summed E-state index contributed by atoms with van der Waals surface area (Å²) < 4.78 is 0. The van der Waals surface area contributed by atoms with E-state index in [2.05, 4.69) is 39.6 Å². The zero-order valence-corrected chi connectivity index (χ0v) is 14.7. The van der Waals surface area contributed by atoms with E-state index in [1.165, 1.54) is 0 Å². The van der Waals surface area contributed by atoms with Crippen LogP contribution in [0.2, 0.25) is 0 Å². The monoisotopic (exact) mass is 351 g/mol. The molecule has 0 aliphatic heterocycles. The Labute approximate surface area is 151 Å². The normalized spacial score (nSPS) is 10.5. The standard InChI is InChI=1S/C19H21N5O2/c1-3-24(4-2)16-9-7-14(8-10-16)21-18(25)19(26)22-15-6-5-13-12-20-23-17(13)11-15/h5-12H,3-4H2,1-2H3,(H,20,23)(H,21,25)(H,22,26). The number of nitrogens with one attached hydrogen (secondary N) is 3. The predicted octanol–water partition coefficient (Wildman–Crippen LogP) is 2.99. The molecule has 0 unspecified atom stereocenters. The van der Waals surface area contributed by atoms with Gasteiger partial charge in [0.2, 0.25) is 0 Å². The van der Waals surface area contributed by atoms with E-state index >= 15 is 0 Å². The summed E-state index contributed by atoms with van der Waals surface area (Å²) >= 11 is 0. The lowest BCUT2D eigenvalue weighted by Gasteiger charge is -2.21. The highest BCUT2D eigenvalue weighted by atomic mass is 16.2. The second-order valence-electron chi connectivity index (χ2n) is 5.80. The van der Waals surface area contributed by atoms with Crippen LogP contribution >= 0.6 is 0 Å². The van der Waals surface area contributed by atoms with Gasteiger partial charge in [0.25, 0.3) is 0 Å². The highest BCUT2D eigenvalue weighted by Crippen LogP contribution is 2.18. The third-order valence-corrected chi connectivity index (χ3v) is 4.16. The van der Waals surface area contributed by atoms with Crippen molar-refractivity contribution in [2.45, 2.75) is 13.8 Å². The number of anilines is 3. The predicted molar refractivity (Wildman–Crippen MR) is 103 cm³/mol. The van der Waals surface area contributed by atoms with Crippen molar-refractivity contribution in [2.75, 3.05) is 28.6 Å². The quantitative estimate of drug-likeness (QED) is 0.617. The first-order valence-electron chi connectivity index (χ1n) is 8.51. The van der Waals surface area contributed by atoms with Crippen LogP contribution in [0.1, 0.15) is 13.8 Å². The molecule has 1 aromatic heterocycles. The summed E-state index contributed by atoms with van der Waals surface area (Å²) in [5.41, 5.74) is 2.96. The average Bonchev–Trinajstić information content (AvgIpc) is 3.12. The molecule has 3 rings (SSSR count). The number of carbonyl (C=O) groups is 2. The first kappa shape index (κ1) is 17.5. The smallest absolute Gasteiger partial charge is 0.314 e. The van der Waals surface area contributed by atoms with E-state index < -0.39 is 11.8 Å². The summed E-state index contributed by atoms with van der Waals surface area (Å²) in [6.07, 6.45) is 1.69. The lowest BCUT2D eigenvalue weighted by molar-refractivity contribution is -0.132. The summed E-state index contributed by atoms with van der Waals surface area (Å²) in [5.74, 6) is -1.44. The molecule has 2 aromatic carbocycles. The SMILES string of the molecule is CCN(CC)c1ccc(NC(=O)C(=O)Nc2ccc3cn[nH]c3c2)cc1. The average molecular weight is 351 g/mol. The van der Waals surface area contributed by atoms with Gasteiger partial charge in [-0.25, -0.2) is 0 Å². The number of nitrogens with zero attached hydrogens (tertiary/aromatic N) is 2. The maximum absolute atomic E-state index is 12.1. The molecule has 0 aliphatic carbocycles. The Kier molecular flexibility index (Phi) is 5.17. The van der Waals surface area contributed by atoms with Gasteiger partial charge in [-0.05, 0) is 56.3 Å². The second-order valence-corrected chi connectivity index (χ2v) is 5.80. The Morgan fingerprint density at radius 1 is 0.962 bits per heavy atom. The van der Waals surface area contributed by atoms with Crippen molar-refractivity contribution < 1.29 is 9.59 Å². The molecule has 0 saturated carbocycles. The van der Waals surface area contributed by atoms with E-state index in [1.807, 2.05) is 18.2 Å². The molecule has 0 saturated heterocycles. The van der Waals surface area contributed by atoms with Gasteiger partial charge in [-0.2, -0.15) is 5.10 Å². The maximum Gasteiger partial charge on any atom is 0.314 e. The van der Waals surface area contributed by atoms with Gasteiger partial charge in [0.05, 0.1) is 11.7 Å². The summed E-state index contributed by atoms with van der Waals surface area (Å²) in [6, 6.07) is 12.7. The molecule has 7 nitrogen and oxygen atoms in total. The Bertz CT molecular complexity index is 913. The number of hydrogen-bond donors (Lipinski definition) is 3. The van der Waals surface area contributed by atoms with E-state index in [-0.39, 0.29) is 0 Å². The zero-order chi connectivity index (χ0) is 18.5. The first-order valence-corrected chi connectivity index (χ1v) is 8.51. The molecule has 0 fully saturated rings. The number of rotatable bonds is 5. The molecule has 0 aliphatic rings. The van der Waals surface area contributed by atoms with Crippen LogP contribution in [0.3, 0.4) is 0 Å². The molecule has 3 aromatic rings. The van der Waals surface area contributed by atoms with Crippen molar-refractivity contribution in [3.8, 4) is 0 Å². The molecule has 0 atom stereocenters. The number of aromatic nitrogens is 2. The number of hydrogen-bond acceptors (Lipinski definition) is 4. The Hall–Kier alpha value is -3.35. The van der Waals surface area contributed by atoms with E-state index in [1.54, 1.807) is 30.5 Å². The zero-order valence-electron chi connectivity index (χ0n) is 14.7. The van der Waals surface area contributed by atoms with Crippen LogP contribution in [0.25, 0.3) is 10.9 Å². The van der Waals surface area contributed by atoms with Crippen molar-refractivity contribution in [3.05, 3.63) is 48.7 Å². The van der Waals surface area contributed by atoms with Crippen molar-refractivity contribution >= 4 is 39.8 Å². The number of amides is 2. The van der Waals surface area contributed by atoms with Crippen LogP contribution in [-0.4, -0.2) is 35.1 Å². The molecule has 26 heavy (non-hydrogen) atoms. The molecule has 0 radical (unpaired) electrons. The van der Waals surface area contributed by atoms with Gasteiger partial charge >= 0.3 is 11.8 Å². The van der Waals surface area contributed by atoms with Crippen molar-refractivity contribution in [1.29, 1.82) is 0 Å². The lowest BCUT2D eigenvalue weighted by atomic mass is 10.2. The Morgan fingerprint density at radius 3 is 2.23 bits per heavy atom. The number of benzene rings is 2. The summed E-state index contributed by atoms with van der Waals surface area (Å²) in [7, 11) is 0. The van der Waals surface area contributed by atoms with Gasteiger partial charge < -0.3 is 15.5 Å². The summed E-state index contributed by atoms with van der Waals surface area (Å²) in [6.45, 7) is 5.99. The van der Waals surface area contributed by atoms with E-state index in [4.69, 9.17) is 0 Å². The molecule has 3 N–H and O–H groups in total. The van der Waals surface area contributed by atoms with Crippen LogP contribution in [-0.2, 0) is 9.59 Å². The van der Waals surface area contributed by atoms with Gasteiger partial charge in [-0.15, -0.1) is 0 Å². The largest absolute Gasteiger partial charge is 0.372 e. The molecule has 1 heterocycles. The highest BCUT2D eigenvalue weighted by Gasteiger charge is 2.14.